The van der Waals surface area contributed by atoms with E-state index >= 15 is 0 Å². The molecule has 35 heavy (non-hydrogen) atoms. The summed E-state index contributed by atoms with van der Waals surface area (Å²) in [5.74, 6) is 0.575. The summed E-state index contributed by atoms with van der Waals surface area (Å²) in [6, 6.07) is 14.1. The third-order valence-electron chi connectivity index (χ3n) is 7.45. The molecule has 8 nitrogen and oxygen atoms in total. The molecule has 0 saturated carbocycles. The van der Waals surface area contributed by atoms with E-state index in [1.165, 1.54) is 6.42 Å². The first-order valence-electron chi connectivity index (χ1n) is 12.8. The molecule has 184 valence electrons. The fraction of sp³-hybridized carbons (Fsp3) is 0.481. The Labute approximate surface area is 206 Å². The molecule has 1 unspecified atom stereocenters. The first kappa shape index (κ1) is 23.5. The van der Waals surface area contributed by atoms with Crippen LogP contribution >= 0.6 is 0 Å². The molecule has 5 rings (SSSR count). The standard InChI is InChI=1S/C27H34N6O2/c1-2-31-15-7-10-22(31)18-29-26(34)21-12-16-32(17-13-21)25-27(35)33(19-20-8-4-3-5-9-20)24-23(30-25)11-6-14-28-24/h3-6,8-9,11,14,21-22H,2,7,10,12-13,15-19H2,1H3,(H,29,34). The third kappa shape index (κ3) is 5.07. The number of benzene rings is 1. The summed E-state index contributed by atoms with van der Waals surface area (Å²) >= 11 is 0. The van der Waals surface area contributed by atoms with E-state index in [2.05, 4.69) is 22.1 Å². The number of anilines is 1. The molecule has 1 amide bonds. The number of pyridine rings is 1. The molecule has 3 aromatic rings. The lowest BCUT2D eigenvalue weighted by atomic mass is 9.95. The second kappa shape index (κ2) is 10.6. The van der Waals surface area contributed by atoms with Crippen LogP contribution in [0, 0.1) is 5.92 Å². The van der Waals surface area contributed by atoms with Crippen LogP contribution in [0.3, 0.4) is 0 Å². The number of nitrogens with zero attached hydrogens (tertiary/aromatic N) is 5. The normalized spacial score (nSPS) is 19.3. The van der Waals surface area contributed by atoms with Crippen molar-refractivity contribution >= 4 is 22.9 Å². The van der Waals surface area contributed by atoms with E-state index in [0.717, 1.165) is 44.5 Å². The highest BCUT2D eigenvalue weighted by Gasteiger charge is 2.29. The van der Waals surface area contributed by atoms with E-state index in [0.29, 0.717) is 42.7 Å². The van der Waals surface area contributed by atoms with Crippen molar-refractivity contribution in [3.8, 4) is 0 Å². The molecular formula is C27H34N6O2. The van der Waals surface area contributed by atoms with Gasteiger partial charge < -0.3 is 10.2 Å². The third-order valence-corrected chi connectivity index (χ3v) is 7.45. The predicted molar refractivity (Wildman–Crippen MR) is 138 cm³/mol. The molecule has 1 N–H and O–H groups in total. The highest BCUT2D eigenvalue weighted by molar-refractivity contribution is 5.79. The molecule has 2 aliphatic rings. The number of nitrogens with one attached hydrogen (secondary N) is 1. The minimum absolute atomic E-state index is 0.0172. The summed E-state index contributed by atoms with van der Waals surface area (Å²) < 4.78 is 1.72. The second-order valence-electron chi connectivity index (χ2n) is 9.59. The highest BCUT2D eigenvalue weighted by atomic mass is 16.2. The van der Waals surface area contributed by atoms with Crippen LogP contribution in [0.1, 0.15) is 38.2 Å². The van der Waals surface area contributed by atoms with Crippen LogP contribution in [0.4, 0.5) is 5.82 Å². The van der Waals surface area contributed by atoms with Gasteiger partial charge in [-0.2, -0.15) is 0 Å². The Kier molecular flexibility index (Phi) is 7.08. The molecule has 1 aromatic carbocycles. The van der Waals surface area contributed by atoms with Gasteiger partial charge in [-0.15, -0.1) is 0 Å². The lowest BCUT2D eigenvalue weighted by Gasteiger charge is -2.32. The quantitative estimate of drug-likeness (QED) is 0.567. The van der Waals surface area contributed by atoms with Gasteiger partial charge in [-0.3, -0.25) is 19.1 Å². The number of carbonyl (C=O) groups is 1. The maximum absolute atomic E-state index is 13.5. The van der Waals surface area contributed by atoms with Crippen molar-refractivity contribution in [3.63, 3.8) is 0 Å². The molecule has 0 aliphatic carbocycles. The first-order chi connectivity index (χ1) is 17.1. The summed E-state index contributed by atoms with van der Waals surface area (Å²) in [5, 5.41) is 3.20. The monoisotopic (exact) mass is 474 g/mol. The van der Waals surface area contributed by atoms with Crippen molar-refractivity contribution in [1.29, 1.82) is 0 Å². The zero-order chi connectivity index (χ0) is 24.2. The van der Waals surface area contributed by atoms with Gasteiger partial charge in [0.05, 0.1) is 6.54 Å². The van der Waals surface area contributed by atoms with Crippen LogP contribution in [-0.4, -0.2) is 64.1 Å². The Hall–Kier alpha value is -3.26. The van der Waals surface area contributed by atoms with Crippen LogP contribution in [0.25, 0.3) is 11.2 Å². The molecule has 2 aliphatic heterocycles. The van der Waals surface area contributed by atoms with Crippen molar-refractivity contribution in [2.75, 3.05) is 37.6 Å². The molecule has 0 spiro atoms. The van der Waals surface area contributed by atoms with Crippen molar-refractivity contribution in [3.05, 3.63) is 64.6 Å². The number of rotatable bonds is 7. The Bertz CT molecular complexity index is 1220. The number of likely N-dealkylation sites (tertiary alicyclic amines) is 1. The lowest BCUT2D eigenvalue weighted by Crippen LogP contribution is -2.46. The summed E-state index contributed by atoms with van der Waals surface area (Å²) in [7, 11) is 0. The topological polar surface area (TPSA) is 83.4 Å². The molecular weight excluding hydrogens is 440 g/mol. The van der Waals surface area contributed by atoms with Gasteiger partial charge in [-0.05, 0) is 56.5 Å². The highest BCUT2D eigenvalue weighted by Crippen LogP contribution is 2.22. The second-order valence-corrected chi connectivity index (χ2v) is 9.59. The minimum atomic E-state index is -0.135. The molecule has 4 heterocycles. The van der Waals surface area contributed by atoms with E-state index in [1.54, 1.807) is 10.8 Å². The first-order valence-corrected chi connectivity index (χ1v) is 12.8. The maximum Gasteiger partial charge on any atom is 0.295 e. The number of hydrogen-bond acceptors (Lipinski definition) is 6. The van der Waals surface area contributed by atoms with Crippen LogP contribution < -0.4 is 15.8 Å². The van der Waals surface area contributed by atoms with Gasteiger partial charge in [0.15, 0.2) is 11.5 Å². The van der Waals surface area contributed by atoms with E-state index in [9.17, 15) is 9.59 Å². The average molecular weight is 475 g/mol. The predicted octanol–water partition coefficient (Wildman–Crippen LogP) is 2.66. The zero-order valence-corrected chi connectivity index (χ0v) is 20.4. The smallest absolute Gasteiger partial charge is 0.295 e. The van der Waals surface area contributed by atoms with Crippen LogP contribution in [0.2, 0.25) is 0 Å². The van der Waals surface area contributed by atoms with Gasteiger partial charge in [0.25, 0.3) is 5.56 Å². The Morgan fingerprint density at radius 1 is 1.06 bits per heavy atom. The van der Waals surface area contributed by atoms with Crippen molar-refractivity contribution < 1.29 is 4.79 Å². The lowest BCUT2D eigenvalue weighted by molar-refractivity contribution is -0.125. The SMILES string of the molecule is CCN1CCCC1CNC(=O)C1CCN(c2nc3cccnc3n(Cc3ccccc3)c2=O)CC1. The van der Waals surface area contributed by atoms with Crippen LogP contribution in [-0.2, 0) is 11.3 Å². The van der Waals surface area contributed by atoms with E-state index in [4.69, 9.17) is 4.98 Å². The number of carbonyl (C=O) groups excluding carboxylic acids is 1. The van der Waals surface area contributed by atoms with Crippen molar-refractivity contribution in [2.24, 2.45) is 5.92 Å². The number of hydrogen-bond donors (Lipinski definition) is 1. The van der Waals surface area contributed by atoms with Gasteiger partial charge in [-0.25, -0.2) is 9.97 Å². The van der Waals surface area contributed by atoms with Crippen molar-refractivity contribution in [2.45, 2.75) is 45.2 Å². The molecule has 2 saturated heterocycles. The van der Waals surface area contributed by atoms with E-state index < -0.39 is 0 Å². The van der Waals surface area contributed by atoms with Crippen LogP contribution in [0.5, 0.6) is 0 Å². The van der Waals surface area contributed by atoms with Gasteiger partial charge in [0.1, 0.15) is 5.52 Å². The van der Waals surface area contributed by atoms with Gasteiger partial charge >= 0.3 is 0 Å². The summed E-state index contributed by atoms with van der Waals surface area (Å²) in [5.41, 5.74) is 2.20. The van der Waals surface area contributed by atoms with Crippen molar-refractivity contribution in [1.82, 2.24) is 24.8 Å². The average Bonchev–Trinajstić information content (AvgIpc) is 3.37. The molecule has 0 radical (unpaired) electrons. The number of likely N-dealkylation sites (N-methyl/N-ethyl adjacent to an activating group) is 1. The largest absolute Gasteiger partial charge is 0.354 e. The Balaban J connectivity index is 1.29. The van der Waals surface area contributed by atoms with Gasteiger partial charge in [0, 0.05) is 37.8 Å². The van der Waals surface area contributed by atoms with Crippen LogP contribution in [0.15, 0.2) is 53.5 Å². The molecule has 2 aromatic heterocycles. The fourth-order valence-corrected chi connectivity index (χ4v) is 5.44. The Morgan fingerprint density at radius 3 is 2.63 bits per heavy atom. The molecule has 1 atom stereocenters. The zero-order valence-electron chi connectivity index (χ0n) is 20.4. The molecule has 0 bridgehead atoms. The number of piperidine rings is 1. The summed E-state index contributed by atoms with van der Waals surface area (Å²) in [6.45, 7) is 6.80. The number of amides is 1. The van der Waals surface area contributed by atoms with Gasteiger partial charge in [0.2, 0.25) is 5.91 Å². The molecule has 2 fully saturated rings. The van der Waals surface area contributed by atoms with E-state index in [1.807, 2.05) is 47.4 Å². The number of fused-ring (bicyclic) bond motifs is 1. The molecule has 8 heteroatoms. The Morgan fingerprint density at radius 2 is 1.86 bits per heavy atom. The minimum Gasteiger partial charge on any atom is -0.354 e. The summed E-state index contributed by atoms with van der Waals surface area (Å²) in [6.07, 6.45) is 5.50. The summed E-state index contributed by atoms with van der Waals surface area (Å²) in [4.78, 5) is 40.0. The van der Waals surface area contributed by atoms with Gasteiger partial charge in [-0.1, -0.05) is 37.3 Å². The fourth-order valence-electron chi connectivity index (χ4n) is 5.44. The van der Waals surface area contributed by atoms with E-state index in [-0.39, 0.29) is 17.4 Å². The maximum atomic E-state index is 13.5. The number of aromatic nitrogens is 3.